The predicted molar refractivity (Wildman–Crippen MR) is 128 cm³/mol. The fourth-order valence-corrected chi connectivity index (χ4v) is 4.20. The molecule has 1 aliphatic rings. The molecule has 2 heterocycles. The van der Waals surface area contributed by atoms with Gasteiger partial charge in [0.05, 0.1) is 18.9 Å². The van der Waals surface area contributed by atoms with Gasteiger partial charge in [-0.25, -0.2) is 0 Å². The van der Waals surface area contributed by atoms with Gasteiger partial charge in [0.15, 0.2) is 0 Å². The maximum Gasteiger partial charge on any atom is 0.131 e. The largest absolute Gasteiger partial charge is 0.489 e. The van der Waals surface area contributed by atoms with Crippen LogP contribution in [0.25, 0.3) is 0 Å². The lowest BCUT2D eigenvalue weighted by molar-refractivity contribution is 0.122. The molecule has 1 N–H and O–H groups in total. The molecule has 0 atom stereocenters. The van der Waals surface area contributed by atoms with Crippen molar-refractivity contribution in [2.75, 3.05) is 31.2 Å². The van der Waals surface area contributed by atoms with Crippen LogP contribution in [0.2, 0.25) is 0 Å². The molecule has 6 heteroatoms. The minimum Gasteiger partial charge on any atom is -0.489 e. The first-order valence-electron chi connectivity index (χ1n) is 11.5. The van der Waals surface area contributed by atoms with Crippen LogP contribution in [-0.4, -0.2) is 36.1 Å². The molecule has 0 unspecified atom stereocenters. The molecule has 0 saturated carbocycles. The maximum atomic E-state index is 5.99. The van der Waals surface area contributed by atoms with Gasteiger partial charge in [0, 0.05) is 38.8 Å². The molecule has 0 radical (unpaired) electrons. The van der Waals surface area contributed by atoms with E-state index in [9.17, 15) is 0 Å². The fourth-order valence-electron chi connectivity index (χ4n) is 4.20. The quantitative estimate of drug-likeness (QED) is 0.546. The van der Waals surface area contributed by atoms with E-state index in [1.165, 1.54) is 28.2 Å². The molecule has 1 aromatic heterocycles. The summed E-state index contributed by atoms with van der Waals surface area (Å²) in [6.45, 7) is 9.91. The minimum absolute atomic E-state index is 0.377. The fraction of sp³-hybridized carbons (Fsp3) is 0.423. The number of nitrogens with zero attached hydrogens (tertiary/aromatic N) is 3. The monoisotopic (exact) mass is 434 g/mol. The van der Waals surface area contributed by atoms with Gasteiger partial charge in [0.25, 0.3) is 0 Å². The van der Waals surface area contributed by atoms with Gasteiger partial charge in [0.1, 0.15) is 18.2 Å². The zero-order chi connectivity index (χ0) is 22.3. The Morgan fingerprint density at radius 1 is 1.00 bits per heavy atom. The number of morpholine rings is 1. The number of rotatable bonds is 9. The Balaban J connectivity index is 1.41. The summed E-state index contributed by atoms with van der Waals surface area (Å²) in [6, 6.07) is 18.6. The van der Waals surface area contributed by atoms with Crippen LogP contribution in [0, 0.1) is 0 Å². The van der Waals surface area contributed by atoms with Crippen LogP contribution in [0.15, 0.2) is 54.6 Å². The Hall–Kier alpha value is -2.83. The van der Waals surface area contributed by atoms with Gasteiger partial charge in [-0.15, -0.1) is 0 Å². The van der Waals surface area contributed by atoms with Gasteiger partial charge >= 0.3 is 0 Å². The Bertz CT molecular complexity index is 994. The molecule has 3 aromatic rings. The van der Waals surface area contributed by atoms with E-state index in [1.807, 2.05) is 36.0 Å². The lowest BCUT2D eigenvalue weighted by Gasteiger charge is -2.29. The lowest BCUT2D eigenvalue weighted by Crippen LogP contribution is -2.38. The highest BCUT2D eigenvalue weighted by molar-refractivity contribution is 5.51. The molecule has 2 aromatic carbocycles. The van der Waals surface area contributed by atoms with Crippen LogP contribution in [0.3, 0.4) is 0 Å². The van der Waals surface area contributed by atoms with Crippen molar-refractivity contribution in [1.29, 1.82) is 0 Å². The van der Waals surface area contributed by atoms with Crippen LogP contribution in [0.1, 0.15) is 42.1 Å². The van der Waals surface area contributed by atoms with Gasteiger partial charge in [-0.05, 0) is 29.2 Å². The molecule has 6 nitrogen and oxygen atoms in total. The topological polar surface area (TPSA) is 51.5 Å². The van der Waals surface area contributed by atoms with Crippen molar-refractivity contribution >= 4 is 5.82 Å². The summed E-state index contributed by atoms with van der Waals surface area (Å²) in [5.74, 6) is 2.48. The maximum absolute atomic E-state index is 5.99. The molecular formula is C26H34N4O2. The molecule has 0 amide bonds. The zero-order valence-corrected chi connectivity index (χ0v) is 19.4. The Labute approximate surface area is 191 Å². The third-order valence-corrected chi connectivity index (χ3v) is 5.78. The van der Waals surface area contributed by atoms with Crippen LogP contribution < -0.4 is 15.0 Å². The van der Waals surface area contributed by atoms with Gasteiger partial charge in [-0.1, -0.05) is 56.3 Å². The van der Waals surface area contributed by atoms with Crippen molar-refractivity contribution < 1.29 is 9.47 Å². The van der Waals surface area contributed by atoms with E-state index in [-0.39, 0.29) is 0 Å². The summed E-state index contributed by atoms with van der Waals surface area (Å²) >= 11 is 0. The molecule has 0 bridgehead atoms. The van der Waals surface area contributed by atoms with E-state index in [1.54, 1.807) is 0 Å². The Kier molecular flexibility index (Phi) is 7.45. The number of hydrogen-bond acceptors (Lipinski definition) is 5. The number of ether oxygens (including phenoxy) is 2. The van der Waals surface area contributed by atoms with E-state index in [4.69, 9.17) is 14.6 Å². The van der Waals surface area contributed by atoms with Crippen molar-refractivity contribution in [3.63, 3.8) is 0 Å². The average Bonchev–Trinajstić information content (AvgIpc) is 3.15. The summed E-state index contributed by atoms with van der Waals surface area (Å²) in [6.07, 6.45) is 0. The molecule has 1 aliphatic heterocycles. The standard InChI is InChI=1S/C26H34N4O2/c1-20(2)25-24(26(29(3)28-25)30-12-14-31-15-13-30)18-27-17-22-10-7-11-23(16-22)32-19-21-8-5-4-6-9-21/h4-11,16,20,27H,12-15,17-19H2,1-3H3. The van der Waals surface area contributed by atoms with Crippen LogP contribution >= 0.6 is 0 Å². The predicted octanol–water partition coefficient (Wildman–Crippen LogP) is 4.25. The molecule has 1 fully saturated rings. The number of anilines is 1. The molecule has 0 aliphatic carbocycles. The van der Waals surface area contributed by atoms with E-state index in [0.29, 0.717) is 12.5 Å². The highest BCUT2D eigenvalue weighted by Gasteiger charge is 2.24. The molecule has 170 valence electrons. The lowest BCUT2D eigenvalue weighted by atomic mass is 10.0. The number of aromatic nitrogens is 2. The number of benzene rings is 2. The van der Waals surface area contributed by atoms with Crippen LogP contribution in [-0.2, 0) is 31.5 Å². The molecule has 0 spiro atoms. The first kappa shape index (κ1) is 22.4. The molecule has 32 heavy (non-hydrogen) atoms. The van der Waals surface area contributed by atoms with Crippen molar-refractivity contribution in [2.45, 2.75) is 39.5 Å². The molecular weight excluding hydrogens is 400 g/mol. The highest BCUT2D eigenvalue weighted by Crippen LogP contribution is 2.29. The van der Waals surface area contributed by atoms with Gasteiger partial charge in [-0.2, -0.15) is 5.10 Å². The Morgan fingerprint density at radius 2 is 1.75 bits per heavy atom. The average molecular weight is 435 g/mol. The summed E-state index contributed by atoms with van der Waals surface area (Å²) in [7, 11) is 2.05. The summed E-state index contributed by atoms with van der Waals surface area (Å²) in [4.78, 5) is 2.40. The van der Waals surface area contributed by atoms with Crippen LogP contribution in [0.5, 0.6) is 5.75 Å². The number of hydrogen-bond donors (Lipinski definition) is 1. The SMILES string of the molecule is CC(C)c1nn(C)c(N2CCOCC2)c1CNCc1cccc(OCc2ccccc2)c1. The Morgan fingerprint density at radius 3 is 2.50 bits per heavy atom. The van der Waals surface area contributed by atoms with Gasteiger partial charge in [0.2, 0.25) is 0 Å². The van der Waals surface area contributed by atoms with Gasteiger partial charge in [-0.3, -0.25) is 4.68 Å². The summed E-state index contributed by atoms with van der Waals surface area (Å²) in [5.41, 5.74) is 4.84. The first-order valence-corrected chi connectivity index (χ1v) is 11.5. The molecule has 1 saturated heterocycles. The summed E-state index contributed by atoms with van der Waals surface area (Å²) < 4.78 is 13.6. The smallest absolute Gasteiger partial charge is 0.131 e. The second-order valence-corrected chi connectivity index (χ2v) is 8.59. The second kappa shape index (κ2) is 10.7. The minimum atomic E-state index is 0.377. The van der Waals surface area contributed by atoms with Crippen LogP contribution in [0.4, 0.5) is 5.82 Å². The first-order chi connectivity index (χ1) is 15.6. The third kappa shape index (κ3) is 5.50. The van der Waals surface area contributed by atoms with Gasteiger partial charge < -0.3 is 19.7 Å². The van der Waals surface area contributed by atoms with Crippen molar-refractivity contribution in [3.05, 3.63) is 77.0 Å². The van der Waals surface area contributed by atoms with Crippen molar-refractivity contribution in [3.8, 4) is 5.75 Å². The zero-order valence-electron chi connectivity index (χ0n) is 19.4. The van der Waals surface area contributed by atoms with Crippen molar-refractivity contribution in [2.24, 2.45) is 7.05 Å². The number of aryl methyl sites for hydroxylation is 1. The second-order valence-electron chi connectivity index (χ2n) is 8.59. The highest BCUT2D eigenvalue weighted by atomic mass is 16.5. The van der Waals surface area contributed by atoms with E-state index in [2.05, 4.69) is 54.4 Å². The summed E-state index contributed by atoms with van der Waals surface area (Å²) in [5, 5.41) is 8.49. The van der Waals surface area contributed by atoms with E-state index >= 15 is 0 Å². The molecule has 4 rings (SSSR count). The van der Waals surface area contributed by atoms with E-state index in [0.717, 1.165) is 45.1 Å². The number of nitrogens with one attached hydrogen (secondary N) is 1. The third-order valence-electron chi connectivity index (χ3n) is 5.78. The van der Waals surface area contributed by atoms with E-state index < -0.39 is 0 Å². The van der Waals surface area contributed by atoms with Crippen molar-refractivity contribution in [1.82, 2.24) is 15.1 Å². The normalized spacial score (nSPS) is 14.2.